The summed E-state index contributed by atoms with van der Waals surface area (Å²) in [5, 5.41) is 64.4. The molecule has 1 aromatic rings. The van der Waals surface area contributed by atoms with Gasteiger partial charge in [0, 0.05) is 37.5 Å². The van der Waals surface area contributed by atoms with Crippen LogP contribution in [-0.2, 0) is 23.9 Å². The zero-order valence-electron chi connectivity index (χ0n) is 25.2. The molecule has 0 aromatic carbocycles. The fraction of sp³-hybridized carbons (Fsp3) is 0.423. The smallest absolute Gasteiger partial charge is 0.367 e. The third kappa shape index (κ3) is 36.9. The van der Waals surface area contributed by atoms with E-state index in [-0.39, 0.29) is 6.61 Å². The summed E-state index contributed by atoms with van der Waals surface area (Å²) >= 11 is 0. The number of ether oxygens (including phenoxy) is 1. The van der Waals surface area contributed by atoms with Gasteiger partial charge in [-0.3, -0.25) is 9.97 Å². The Morgan fingerprint density at radius 3 is 1.11 bits per heavy atom. The second-order valence-electron chi connectivity index (χ2n) is 7.52. The molecule has 0 aliphatic carbocycles. The van der Waals surface area contributed by atoms with Gasteiger partial charge < -0.3 is 50.4 Å². The monoisotopic (exact) mass is 669 g/mol. The van der Waals surface area contributed by atoms with Crippen molar-refractivity contribution in [1.29, 1.82) is 0 Å². The Morgan fingerprint density at radius 1 is 0.717 bits per heavy atom. The van der Waals surface area contributed by atoms with Crippen LogP contribution in [0.4, 0.5) is 0 Å². The number of rotatable bonds is 10. The second-order valence-corrected chi connectivity index (χ2v) is 7.52. The van der Waals surface area contributed by atoms with Crippen LogP contribution in [0.2, 0.25) is 0 Å². The first-order valence-electron chi connectivity index (χ1n) is 12.5. The van der Waals surface area contributed by atoms with Crippen molar-refractivity contribution < 1.29 is 69.6 Å². The van der Waals surface area contributed by atoms with Crippen LogP contribution in [0.15, 0.2) is 65.0 Å². The molecule has 1 aliphatic heterocycles. The summed E-state index contributed by atoms with van der Waals surface area (Å²) in [5.74, 6) is -3.93. The zero-order chi connectivity index (χ0) is 37.1. The summed E-state index contributed by atoms with van der Waals surface area (Å²) in [7, 11) is 0. The first kappa shape index (κ1) is 50.5. The molecule has 0 bridgehead atoms. The molecular formula is C26H43N3O17. The average Bonchev–Trinajstić information content (AvgIpc) is 3.62. The number of carboxylic acid groups (broad SMARTS) is 4. The van der Waals surface area contributed by atoms with Crippen LogP contribution in [0.5, 0.6) is 0 Å². The molecule has 0 unspecified atom stereocenters. The highest BCUT2D eigenvalue weighted by Crippen LogP contribution is 2.11. The molecule has 20 heteroatoms. The van der Waals surface area contributed by atoms with Gasteiger partial charge in [-0.15, -0.1) is 0 Å². The average molecular weight is 670 g/mol. The highest BCUT2D eigenvalue weighted by Gasteiger charge is 2.26. The predicted molar refractivity (Wildman–Crippen MR) is 161 cm³/mol. The molecule has 0 radical (unpaired) electrons. The van der Waals surface area contributed by atoms with E-state index in [4.69, 9.17) is 45.6 Å². The molecule has 1 saturated heterocycles. The van der Waals surface area contributed by atoms with Crippen molar-refractivity contribution in [3.63, 3.8) is 0 Å². The Bertz CT molecular complexity index is 1060. The molecule has 0 amide bonds. The van der Waals surface area contributed by atoms with Crippen molar-refractivity contribution in [3.05, 3.63) is 82.1 Å². The maximum atomic E-state index is 10.8. The van der Waals surface area contributed by atoms with Crippen LogP contribution < -0.4 is 21.9 Å². The number of aliphatic carboxylic acids is 4. The topological polar surface area (TPSA) is 336 Å². The van der Waals surface area contributed by atoms with Crippen LogP contribution in [0.25, 0.3) is 0 Å². The third-order valence-electron chi connectivity index (χ3n) is 3.94. The molecule has 0 saturated carbocycles. The summed E-state index contributed by atoms with van der Waals surface area (Å²) in [6.07, 6.45) is 5.89. The standard InChI is InChI=1S/C5H7N3O4.C5H12O4.C4H8O.4C3H4O2/c1-2-12-8-4(10)6-3(9)7-5(8)11;6-1-5(2-7,3-8)4-9;1-2-4-5-3-1;4*1-2-3(4)5/h2H2,1H3,(H2,6,7,9,10,11);6-9H,1-4H2;1-4H2;4*2H,1H2,(H,4,5). The second kappa shape index (κ2) is 34.3. The largest absolute Gasteiger partial charge is 0.478 e. The number of H-pyrrole nitrogens is 2. The lowest BCUT2D eigenvalue weighted by atomic mass is 9.93. The van der Waals surface area contributed by atoms with Gasteiger partial charge in [0.05, 0.1) is 31.8 Å². The molecule has 1 aliphatic rings. The Morgan fingerprint density at radius 2 is 0.978 bits per heavy atom. The molecule has 1 fully saturated rings. The van der Waals surface area contributed by atoms with Crippen molar-refractivity contribution in [2.45, 2.75) is 19.8 Å². The molecule has 10 N–H and O–H groups in total. The number of hydrogen-bond donors (Lipinski definition) is 10. The number of aromatic nitrogens is 3. The van der Waals surface area contributed by atoms with Gasteiger partial charge in [0.1, 0.15) is 6.61 Å². The Balaban J connectivity index is -0.000000148. The lowest BCUT2D eigenvalue weighted by Crippen LogP contribution is -2.46. The predicted octanol–water partition coefficient (Wildman–Crippen LogP) is -2.56. The SMILES string of the molecule is C1CCOC1.C=CC(=O)O.C=CC(=O)O.C=CC(=O)O.C=CC(=O)O.CCOn1c(=O)[nH]c(=O)[nH]c1=O.OCC(CO)(CO)CO. The Kier molecular flexibility index (Phi) is 37.7. The molecule has 0 atom stereocenters. The number of carbonyl (C=O) groups is 4. The summed E-state index contributed by atoms with van der Waals surface area (Å²) in [6.45, 7) is 14.0. The zero-order valence-corrected chi connectivity index (χ0v) is 25.2. The molecule has 2 rings (SSSR count). The van der Waals surface area contributed by atoms with Crippen LogP contribution >= 0.6 is 0 Å². The maximum absolute atomic E-state index is 10.8. The number of nitrogens with one attached hydrogen (secondary N) is 2. The molecule has 20 nitrogen and oxygen atoms in total. The number of carboxylic acids is 4. The van der Waals surface area contributed by atoms with Gasteiger partial charge in [-0.25, -0.2) is 33.6 Å². The number of aliphatic hydroxyl groups excluding tert-OH is 4. The van der Waals surface area contributed by atoms with Gasteiger partial charge in [0.15, 0.2) is 0 Å². The van der Waals surface area contributed by atoms with E-state index in [2.05, 4.69) is 31.2 Å². The van der Waals surface area contributed by atoms with Gasteiger partial charge >= 0.3 is 40.9 Å². The van der Waals surface area contributed by atoms with Gasteiger partial charge in [-0.05, 0) is 19.8 Å². The Labute approximate surface area is 262 Å². The summed E-state index contributed by atoms with van der Waals surface area (Å²) in [5.41, 5.74) is -3.72. The summed E-state index contributed by atoms with van der Waals surface area (Å²) in [6, 6.07) is 0. The number of hydrogen-bond acceptors (Lipinski definition) is 13. The van der Waals surface area contributed by atoms with Gasteiger partial charge in [-0.2, -0.15) is 0 Å². The van der Waals surface area contributed by atoms with Crippen molar-refractivity contribution in [1.82, 2.24) is 14.7 Å². The van der Waals surface area contributed by atoms with Gasteiger partial charge in [-0.1, -0.05) is 31.0 Å². The molecule has 46 heavy (non-hydrogen) atoms. The first-order valence-corrected chi connectivity index (χ1v) is 12.5. The maximum Gasteiger partial charge on any atom is 0.367 e. The van der Waals surface area contributed by atoms with Crippen molar-refractivity contribution in [3.8, 4) is 0 Å². The number of aromatic amines is 2. The summed E-state index contributed by atoms with van der Waals surface area (Å²) in [4.78, 5) is 77.4. The fourth-order valence-corrected chi connectivity index (χ4v) is 1.48. The minimum atomic E-state index is -1.11. The normalized spacial score (nSPS) is 10.3. The molecular weight excluding hydrogens is 626 g/mol. The number of aliphatic hydroxyl groups is 4. The van der Waals surface area contributed by atoms with Crippen LogP contribution in [0.3, 0.4) is 0 Å². The van der Waals surface area contributed by atoms with Crippen LogP contribution in [0, 0.1) is 5.41 Å². The van der Waals surface area contributed by atoms with Crippen molar-refractivity contribution in [2.75, 3.05) is 46.2 Å². The van der Waals surface area contributed by atoms with E-state index in [0.717, 1.165) is 37.5 Å². The van der Waals surface area contributed by atoms with E-state index in [1.54, 1.807) is 6.92 Å². The van der Waals surface area contributed by atoms with E-state index in [1.165, 1.54) is 12.8 Å². The van der Waals surface area contributed by atoms with E-state index < -0.39 is 72.8 Å². The molecule has 0 spiro atoms. The Hall–Kier alpha value is -5.15. The highest BCUT2D eigenvalue weighted by atomic mass is 16.7. The lowest BCUT2D eigenvalue weighted by Gasteiger charge is -2.23. The highest BCUT2D eigenvalue weighted by molar-refractivity contribution is 5.79. The van der Waals surface area contributed by atoms with Gasteiger partial charge in [0.25, 0.3) is 0 Å². The molecule has 2 heterocycles. The lowest BCUT2D eigenvalue weighted by molar-refractivity contribution is -0.132. The minimum Gasteiger partial charge on any atom is -0.478 e. The van der Waals surface area contributed by atoms with Gasteiger partial charge in [0.2, 0.25) is 0 Å². The van der Waals surface area contributed by atoms with Crippen molar-refractivity contribution in [2.24, 2.45) is 5.41 Å². The van der Waals surface area contributed by atoms with E-state index in [9.17, 15) is 33.6 Å². The number of nitrogens with zero attached hydrogens (tertiary/aromatic N) is 1. The van der Waals surface area contributed by atoms with E-state index >= 15 is 0 Å². The third-order valence-corrected chi connectivity index (χ3v) is 3.94. The first-order chi connectivity index (χ1) is 21.5. The molecule has 1 aromatic heterocycles. The van der Waals surface area contributed by atoms with Crippen LogP contribution in [-0.4, -0.2) is 126 Å². The summed E-state index contributed by atoms with van der Waals surface area (Å²) < 4.78 is 5.39. The van der Waals surface area contributed by atoms with E-state index in [0.29, 0.717) is 4.73 Å². The fourth-order valence-electron chi connectivity index (χ4n) is 1.48. The van der Waals surface area contributed by atoms with Crippen LogP contribution in [0.1, 0.15) is 19.8 Å². The molecule has 264 valence electrons. The quantitative estimate of drug-likeness (QED) is 0.114. The van der Waals surface area contributed by atoms with Crippen molar-refractivity contribution >= 4 is 23.9 Å². The van der Waals surface area contributed by atoms with E-state index in [1.807, 2.05) is 9.97 Å². The minimum absolute atomic E-state index is 0.162.